The molecule has 1 aliphatic carbocycles. The van der Waals surface area contributed by atoms with Crippen LogP contribution in [0.3, 0.4) is 0 Å². The lowest BCUT2D eigenvalue weighted by Gasteiger charge is -2.65. The van der Waals surface area contributed by atoms with E-state index < -0.39 is 11.9 Å². The number of nitrogens with one attached hydrogen (secondary N) is 1. The molecule has 300 valence electrons. The first kappa shape index (κ1) is 38.3. The lowest BCUT2D eigenvalue weighted by atomic mass is 9.49. The number of imide groups is 1. The molecule has 1 saturated carbocycles. The number of amides is 5. The van der Waals surface area contributed by atoms with Crippen LogP contribution in [-0.2, 0) is 35.8 Å². The quantitative estimate of drug-likeness (QED) is 0.301. The van der Waals surface area contributed by atoms with Crippen molar-refractivity contribution in [3.05, 3.63) is 98.1 Å². The normalized spacial score (nSPS) is 24.9. The van der Waals surface area contributed by atoms with Crippen LogP contribution < -0.4 is 10.1 Å². The van der Waals surface area contributed by atoms with Gasteiger partial charge in [0, 0.05) is 91.9 Å². The fourth-order valence-corrected chi connectivity index (χ4v) is 11.4. The van der Waals surface area contributed by atoms with E-state index in [-0.39, 0.29) is 53.0 Å². The number of carbonyl (C=O) groups excluding carboxylic acids is 5. The molecule has 1 atom stereocenters. The highest BCUT2D eigenvalue weighted by molar-refractivity contribution is 6.31. The number of nitriles is 1. The number of hydrogen-bond acceptors (Lipinski definition) is 8. The number of nitrogens with zero attached hydrogens (tertiary/aromatic N) is 5. The fraction of sp³-hybridized carbons (Fsp3) is 0.467. The highest BCUT2D eigenvalue weighted by Crippen LogP contribution is 2.59. The van der Waals surface area contributed by atoms with E-state index in [1.54, 1.807) is 29.2 Å². The van der Waals surface area contributed by atoms with E-state index in [4.69, 9.17) is 16.3 Å². The van der Waals surface area contributed by atoms with Crippen molar-refractivity contribution in [2.45, 2.75) is 97.7 Å². The topological polar surface area (TPSA) is 143 Å². The van der Waals surface area contributed by atoms with Crippen LogP contribution in [0, 0.1) is 28.1 Å². The Bertz CT molecular complexity index is 2330. The zero-order chi connectivity index (χ0) is 40.8. The summed E-state index contributed by atoms with van der Waals surface area (Å²) in [4.78, 5) is 73.1. The Morgan fingerprint density at radius 3 is 2.19 bits per heavy atom. The molecule has 1 N–H and O–H groups in total. The van der Waals surface area contributed by atoms with Crippen LogP contribution in [0.5, 0.6) is 5.75 Å². The van der Waals surface area contributed by atoms with Gasteiger partial charge in [-0.15, -0.1) is 0 Å². The second-order valence-electron chi connectivity index (χ2n) is 18.2. The molecule has 0 bridgehead atoms. The third-order valence-corrected chi connectivity index (χ3v) is 13.9. The predicted molar refractivity (Wildman–Crippen MR) is 213 cm³/mol. The molecule has 5 aliphatic heterocycles. The first-order chi connectivity index (χ1) is 27.6. The van der Waals surface area contributed by atoms with Crippen molar-refractivity contribution in [1.82, 2.24) is 24.9 Å². The van der Waals surface area contributed by atoms with Gasteiger partial charge in [-0.2, -0.15) is 5.26 Å². The second kappa shape index (κ2) is 13.9. The molecule has 13 heteroatoms. The maximum absolute atomic E-state index is 13.9. The van der Waals surface area contributed by atoms with Crippen LogP contribution >= 0.6 is 11.6 Å². The van der Waals surface area contributed by atoms with Crippen molar-refractivity contribution in [3.8, 4) is 11.8 Å². The number of piperidine rings is 2. The summed E-state index contributed by atoms with van der Waals surface area (Å²) in [5.74, 6) is 0.155. The number of likely N-dealkylation sites (tertiary alicyclic amines) is 1. The van der Waals surface area contributed by atoms with E-state index in [0.717, 1.165) is 49.2 Å². The largest absolute Gasteiger partial charge is 0.489 e. The highest BCUT2D eigenvalue weighted by Gasteiger charge is 2.67. The Balaban J connectivity index is 0.787. The molecule has 1 unspecified atom stereocenters. The highest BCUT2D eigenvalue weighted by atomic mass is 35.5. The van der Waals surface area contributed by atoms with Crippen molar-refractivity contribution in [2.24, 2.45) is 16.7 Å². The Kier molecular flexibility index (Phi) is 9.21. The van der Waals surface area contributed by atoms with Gasteiger partial charge in [-0.25, -0.2) is 0 Å². The minimum absolute atomic E-state index is 0.00916. The maximum atomic E-state index is 13.9. The van der Waals surface area contributed by atoms with Crippen LogP contribution in [0.25, 0.3) is 0 Å². The summed E-state index contributed by atoms with van der Waals surface area (Å²) in [6.07, 6.45) is 2.18. The van der Waals surface area contributed by atoms with E-state index >= 15 is 0 Å². The summed E-state index contributed by atoms with van der Waals surface area (Å²) in [6, 6.07) is 16.1. The lowest BCUT2D eigenvalue weighted by molar-refractivity contribution is -0.199. The average Bonchev–Trinajstić information content (AvgIpc) is 3.83. The zero-order valence-electron chi connectivity index (χ0n) is 33.3. The number of benzene rings is 3. The third-order valence-electron chi connectivity index (χ3n) is 13.6. The average molecular weight is 803 g/mol. The lowest BCUT2D eigenvalue weighted by Crippen LogP contribution is -2.74. The van der Waals surface area contributed by atoms with Gasteiger partial charge in [0.1, 0.15) is 24.0 Å². The molecule has 5 amide bonds. The van der Waals surface area contributed by atoms with Crippen molar-refractivity contribution in [1.29, 1.82) is 5.26 Å². The van der Waals surface area contributed by atoms with Gasteiger partial charge >= 0.3 is 0 Å². The van der Waals surface area contributed by atoms with Crippen molar-refractivity contribution < 1.29 is 28.7 Å². The molecule has 5 heterocycles. The van der Waals surface area contributed by atoms with E-state index in [1.807, 2.05) is 28.0 Å². The molecule has 9 rings (SSSR count). The molecule has 3 fully saturated rings. The van der Waals surface area contributed by atoms with Gasteiger partial charge in [-0.1, -0.05) is 45.4 Å². The Hall–Kier alpha value is -5.25. The molecule has 3 aromatic rings. The van der Waals surface area contributed by atoms with Gasteiger partial charge in [0.2, 0.25) is 11.8 Å². The number of rotatable bonds is 7. The van der Waals surface area contributed by atoms with Gasteiger partial charge in [-0.3, -0.25) is 34.2 Å². The molecule has 6 aliphatic rings. The van der Waals surface area contributed by atoms with E-state index in [9.17, 15) is 29.2 Å². The summed E-state index contributed by atoms with van der Waals surface area (Å²) in [5.41, 5.74) is 5.67. The Morgan fingerprint density at radius 2 is 1.50 bits per heavy atom. The SMILES string of the molecule is CC1(C)C(Oc2ccc(C#N)c(Cl)c2)C(C)(C)C1N1Cc2cc(C(=O)N3CCC(CN4Cc5cc6c(cc5C4)C(=O)N(C4CCC(=O)NC4=O)C6)CC3)ccc2C1=O. The van der Waals surface area contributed by atoms with E-state index in [0.29, 0.717) is 71.5 Å². The first-order valence-corrected chi connectivity index (χ1v) is 20.6. The molecule has 0 aromatic heterocycles. The van der Waals surface area contributed by atoms with E-state index in [2.05, 4.69) is 50.0 Å². The van der Waals surface area contributed by atoms with Crippen molar-refractivity contribution in [2.75, 3.05) is 19.6 Å². The number of halogens is 1. The molecule has 12 nitrogen and oxygen atoms in total. The smallest absolute Gasteiger partial charge is 0.255 e. The van der Waals surface area contributed by atoms with Gasteiger partial charge in [-0.05, 0) is 83.8 Å². The molecule has 0 radical (unpaired) electrons. The van der Waals surface area contributed by atoms with Gasteiger partial charge in [0.25, 0.3) is 17.7 Å². The summed E-state index contributed by atoms with van der Waals surface area (Å²) in [5, 5.41) is 12.0. The molecule has 3 aromatic carbocycles. The van der Waals surface area contributed by atoms with Gasteiger partial charge < -0.3 is 19.4 Å². The second-order valence-corrected chi connectivity index (χ2v) is 18.6. The number of ether oxygens (including phenoxy) is 1. The summed E-state index contributed by atoms with van der Waals surface area (Å²) in [7, 11) is 0. The first-order valence-electron chi connectivity index (χ1n) is 20.2. The van der Waals surface area contributed by atoms with Gasteiger partial charge in [0.15, 0.2) is 0 Å². The minimum Gasteiger partial charge on any atom is -0.489 e. The molecule has 2 saturated heterocycles. The maximum Gasteiger partial charge on any atom is 0.255 e. The monoisotopic (exact) mass is 802 g/mol. The minimum atomic E-state index is -0.615. The standard InChI is InChI=1S/C45H47ClN6O6/c1-44(2)42(45(3,4)43(44)58-32-7-5-27(19-47)35(46)18-32)52-24-30-15-26(6-8-33(30)40(52)56)39(55)50-13-11-25(12-14-50)20-49-21-28-16-31-23-51(36-9-10-37(53)48-38(36)54)41(57)34(31)17-29(28)22-49/h5-8,15-18,25,36,42-43H,9-14,20-24H2,1-4H3,(H,48,53,54). The number of hydrogen-bond donors (Lipinski definition) is 1. The summed E-state index contributed by atoms with van der Waals surface area (Å²) >= 11 is 6.29. The molecule has 58 heavy (non-hydrogen) atoms. The third kappa shape index (κ3) is 6.25. The van der Waals surface area contributed by atoms with Crippen LogP contribution in [0.4, 0.5) is 0 Å². The van der Waals surface area contributed by atoms with E-state index in [1.165, 1.54) is 5.56 Å². The number of fused-ring (bicyclic) bond motifs is 3. The van der Waals surface area contributed by atoms with Crippen LogP contribution in [0.2, 0.25) is 5.02 Å². The van der Waals surface area contributed by atoms with Crippen LogP contribution in [0.1, 0.15) is 112 Å². The van der Waals surface area contributed by atoms with Gasteiger partial charge in [0.05, 0.1) is 10.6 Å². The van der Waals surface area contributed by atoms with Crippen molar-refractivity contribution in [3.63, 3.8) is 0 Å². The molecule has 0 spiro atoms. The Labute approximate surface area is 343 Å². The van der Waals surface area contributed by atoms with Crippen LogP contribution in [0.15, 0.2) is 48.5 Å². The predicted octanol–water partition coefficient (Wildman–Crippen LogP) is 5.68. The number of carbonyl (C=O) groups is 5. The summed E-state index contributed by atoms with van der Waals surface area (Å²) < 4.78 is 6.47. The van der Waals surface area contributed by atoms with Crippen molar-refractivity contribution >= 4 is 41.1 Å². The van der Waals surface area contributed by atoms with Crippen LogP contribution in [-0.4, -0.2) is 87.0 Å². The fourth-order valence-electron chi connectivity index (χ4n) is 11.2. The zero-order valence-corrected chi connectivity index (χ0v) is 34.0. The molecular formula is C45H47ClN6O6. The molecular weight excluding hydrogens is 756 g/mol. The Morgan fingerprint density at radius 1 is 0.828 bits per heavy atom. The summed E-state index contributed by atoms with van der Waals surface area (Å²) in [6.45, 7) is 13.1.